The zero-order chi connectivity index (χ0) is 13.7. The van der Waals surface area contributed by atoms with Crippen molar-refractivity contribution in [2.45, 2.75) is 20.3 Å². The zero-order valence-electron chi connectivity index (χ0n) is 11.2. The summed E-state index contributed by atoms with van der Waals surface area (Å²) in [5.74, 6) is 0.960. The molecule has 1 aromatic heterocycles. The summed E-state index contributed by atoms with van der Waals surface area (Å²) in [6.07, 6.45) is 2.50. The number of hydrogen-bond acceptors (Lipinski definition) is 2. The van der Waals surface area contributed by atoms with E-state index in [4.69, 9.17) is 16.6 Å². The summed E-state index contributed by atoms with van der Waals surface area (Å²) in [7, 11) is 0. The van der Waals surface area contributed by atoms with Gasteiger partial charge in [0.1, 0.15) is 5.76 Å². The minimum absolute atomic E-state index is 0.639. The van der Waals surface area contributed by atoms with Gasteiger partial charge in [-0.15, -0.1) is 0 Å². The highest BCUT2D eigenvalue weighted by Crippen LogP contribution is 2.17. The molecular weight excluding hydrogens is 256 g/mol. The molecule has 2 N–H and O–H groups in total. The van der Waals surface area contributed by atoms with Gasteiger partial charge < -0.3 is 15.1 Å². The Hall–Kier alpha value is -1.81. The second-order valence-electron chi connectivity index (χ2n) is 4.46. The number of benzene rings is 1. The molecule has 0 bridgehead atoms. The van der Waals surface area contributed by atoms with Crippen LogP contribution in [0.3, 0.4) is 0 Å². The molecule has 1 aromatic carbocycles. The van der Waals surface area contributed by atoms with Crippen LogP contribution in [0, 0.1) is 13.8 Å². The normalized spacial score (nSPS) is 10.2. The smallest absolute Gasteiger partial charge is 0.170 e. The summed E-state index contributed by atoms with van der Waals surface area (Å²) < 4.78 is 5.26. The van der Waals surface area contributed by atoms with Crippen LogP contribution >= 0.6 is 12.2 Å². The Labute approximate surface area is 119 Å². The van der Waals surface area contributed by atoms with Crippen LogP contribution in [-0.2, 0) is 6.42 Å². The standard InChI is InChI=1S/C15H18N2OS/c1-11-5-3-7-14(12(11)2)17-15(19)16-9-8-13-6-4-10-18-13/h3-7,10H,8-9H2,1-2H3,(H2,16,17,19). The average molecular weight is 274 g/mol. The van der Waals surface area contributed by atoms with Crippen molar-refractivity contribution in [3.05, 3.63) is 53.5 Å². The van der Waals surface area contributed by atoms with Crippen LogP contribution < -0.4 is 10.6 Å². The fraction of sp³-hybridized carbons (Fsp3) is 0.267. The van der Waals surface area contributed by atoms with Gasteiger partial charge in [-0.3, -0.25) is 0 Å². The van der Waals surface area contributed by atoms with Crippen LogP contribution in [0.4, 0.5) is 5.69 Å². The molecule has 2 rings (SSSR count). The van der Waals surface area contributed by atoms with Crippen molar-refractivity contribution in [2.24, 2.45) is 0 Å². The second kappa shape index (κ2) is 6.38. The molecular formula is C15H18N2OS. The Kier molecular flexibility index (Phi) is 4.58. The highest BCUT2D eigenvalue weighted by molar-refractivity contribution is 7.80. The van der Waals surface area contributed by atoms with E-state index in [1.807, 2.05) is 24.3 Å². The molecule has 2 aromatic rings. The number of rotatable bonds is 4. The lowest BCUT2D eigenvalue weighted by molar-refractivity contribution is 0.507. The lowest BCUT2D eigenvalue weighted by Crippen LogP contribution is -2.30. The summed E-state index contributed by atoms with van der Waals surface area (Å²) in [4.78, 5) is 0. The van der Waals surface area contributed by atoms with E-state index >= 15 is 0 Å². The van der Waals surface area contributed by atoms with Crippen LogP contribution in [0.2, 0.25) is 0 Å². The number of nitrogens with one attached hydrogen (secondary N) is 2. The summed E-state index contributed by atoms with van der Waals surface area (Å²) in [6, 6.07) is 10.00. The van der Waals surface area contributed by atoms with Crippen LogP contribution in [0.25, 0.3) is 0 Å². The third-order valence-electron chi connectivity index (χ3n) is 3.09. The molecule has 0 fully saturated rings. The van der Waals surface area contributed by atoms with Gasteiger partial charge in [-0.2, -0.15) is 0 Å². The van der Waals surface area contributed by atoms with Crippen molar-refractivity contribution in [2.75, 3.05) is 11.9 Å². The summed E-state index contributed by atoms with van der Waals surface area (Å²) in [5, 5.41) is 7.04. The van der Waals surface area contributed by atoms with E-state index in [0.717, 1.165) is 24.4 Å². The van der Waals surface area contributed by atoms with Gasteiger partial charge in [-0.05, 0) is 55.4 Å². The number of furan rings is 1. The minimum Gasteiger partial charge on any atom is -0.469 e. The molecule has 3 nitrogen and oxygen atoms in total. The molecule has 0 saturated carbocycles. The fourth-order valence-corrected chi connectivity index (χ4v) is 2.02. The number of anilines is 1. The maximum absolute atomic E-state index is 5.28. The third kappa shape index (κ3) is 3.83. The van der Waals surface area contributed by atoms with Gasteiger partial charge in [0.05, 0.1) is 6.26 Å². The zero-order valence-corrected chi connectivity index (χ0v) is 12.0. The molecule has 1 heterocycles. The Balaban J connectivity index is 1.82. The molecule has 0 aliphatic carbocycles. The number of aryl methyl sites for hydroxylation is 1. The number of hydrogen-bond donors (Lipinski definition) is 2. The number of thiocarbonyl (C=S) groups is 1. The molecule has 0 saturated heterocycles. The second-order valence-corrected chi connectivity index (χ2v) is 4.87. The SMILES string of the molecule is Cc1cccc(NC(=S)NCCc2ccco2)c1C. The lowest BCUT2D eigenvalue weighted by Gasteiger charge is -2.13. The van der Waals surface area contributed by atoms with Crippen molar-refractivity contribution in [1.82, 2.24) is 5.32 Å². The first-order valence-corrected chi connectivity index (χ1v) is 6.71. The Morgan fingerprint density at radius 2 is 2.05 bits per heavy atom. The molecule has 0 radical (unpaired) electrons. The van der Waals surface area contributed by atoms with Crippen LogP contribution in [-0.4, -0.2) is 11.7 Å². The summed E-state index contributed by atoms with van der Waals surface area (Å²) >= 11 is 5.28. The topological polar surface area (TPSA) is 37.2 Å². The van der Waals surface area contributed by atoms with Gasteiger partial charge in [0.25, 0.3) is 0 Å². The van der Waals surface area contributed by atoms with Gasteiger partial charge in [0, 0.05) is 18.7 Å². The maximum atomic E-state index is 5.28. The van der Waals surface area contributed by atoms with Crippen molar-refractivity contribution < 1.29 is 4.42 Å². The highest BCUT2D eigenvalue weighted by atomic mass is 32.1. The van der Waals surface area contributed by atoms with E-state index in [1.165, 1.54) is 11.1 Å². The van der Waals surface area contributed by atoms with E-state index in [9.17, 15) is 0 Å². The van der Waals surface area contributed by atoms with Crippen LogP contribution in [0.1, 0.15) is 16.9 Å². The van der Waals surface area contributed by atoms with Gasteiger partial charge in [-0.25, -0.2) is 0 Å². The van der Waals surface area contributed by atoms with Crippen molar-refractivity contribution >= 4 is 23.0 Å². The molecule has 100 valence electrons. The molecule has 0 spiro atoms. The molecule has 19 heavy (non-hydrogen) atoms. The first-order chi connectivity index (χ1) is 9.16. The Morgan fingerprint density at radius 3 is 2.79 bits per heavy atom. The van der Waals surface area contributed by atoms with Crippen LogP contribution in [0.15, 0.2) is 41.0 Å². The van der Waals surface area contributed by atoms with E-state index < -0.39 is 0 Å². The lowest BCUT2D eigenvalue weighted by atomic mass is 10.1. The third-order valence-corrected chi connectivity index (χ3v) is 3.34. The monoisotopic (exact) mass is 274 g/mol. The molecule has 0 aliphatic heterocycles. The minimum atomic E-state index is 0.639. The first-order valence-electron chi connectivity index (χ1n) is 6.30. The van der Waals surface area contributed by atoms with Crippen LogP contribution in [0.5, 0.6) is 0 Å². The van der Waals surface area contributed by atoms with Crippen molar-refractivity contribution in [3.63, 3.8) is 0 Å². The molecule has 4 heteroatoms. The summed E-state index contributed by atoms with van der Waals surface area (Å²) in [5.41, 5.74) is 3.52. The average Bonchev–Trinajstić information content (AvgIpc) is 2.88. The Morgan fingerprint density at radius 1 is 1.21 bits per heavy atom. The predicted octanol–water partition coefficient (Wildman–Crippen LogP) is 3.43. The maximum Gasteiger partial charge on any atom is 0.170 e. The van der Waals surface area contributed by atoms with Gasteiger partial charge in [-0.1, -0.05) is 12.1 Å². The molecule has 0 amide bonds. The molecule has 0 unspecified atom stereocenters. The largest absolute Gasteiger partial charge is 0.469 e. The van der Waals surface area contributed by atoms with E-state index in [1.54, 1.807) is 6.26 Å². The summed E-state index contributed by atoms with van der Waals surface area (Å²) in [6.45, 7) is 4.93. The quantitative estimate of drug-likeness (QED) is 0.838. The Bertz CT molecular complexity index is 549. The van der Waals surface area contributed by atoms with Gasteiger partial charge in [0.15, 0.2) is 5.11 Å². The fourth-order valence-electron chi connectivity index (χ4n) is 1.81. The molecule has 0 atom stereocenters. The molecule has 0 aliphatic rings. The van der Waals surface area contributed by atoms with Gasteiger partial charge in [0.2, 0.25) is 0 Å². The van der Waals surface area contributed by atoms with E-state index in [0.29, 0.717) is 5.11 Å². The van der Waals surface area contributed by atoms with E-state index in [-0.39, 0.29) is 0 Å². The van der Waals surface area contributed by atoms with Crippen molar-refractivity contribution in [1.29, 1.82) is 0 Å². The predicted molar refractivity (Wildman–Crippen MR) is 82.6 cm³/mol. The highest BCUT2D eigenvalue weighted by Gasteiger charge is 2.03. The van der Waals surface area contributed by atoms with E-state index in [2.05, 4.69) is 30.5 Å². The van der Waals surface area contributed by atoms with Gasteiger partial charge >= 0.3 is 0 Å². The first kappa shape index (κ1) is 13.6. The van der Waals surface area contributed by atoms with Crippen molar-refractivity contribution in [3.8, 4) is 0 Å².